The third kappa shape index (κ3) is 3.30. The quantitative estimate of drug-likeness (QED) is 0.560. The Morgan fingerprint density at radius 3 is 2.48 bits per heavy atom. The van der Waals surface area contributed by atoms with Gasteiger partial charge in [-0.15, -0.1) is 11.3 Å². The number of amides is 1. The number of carbonyl (C=O) groups is 1. The van der Waals surface area contributed by atoms with Crippen LogP contribution in [0.3, 0.4) is 0 Å². The van der Waals surface area contributed by atoms with Crippen LogP contribution < -0.4 is 0 Å². The molecule has 124 valence electrons. The second kappa shape index (κ2) is 6.94. The molecule has 2 aromatic carbocycles. The molecule has 0 saturated heterocycles. The lowest BCUT2D eigenvalue weighted by molar-refractivity contribution is 0.0714. The van der Waals surface area contributed by atoms with E-state index in [-0.39, 0.29) is 11.9 Å². The van der Waals surface area contributed by atoms with E-state index >= 15 is 0 Å². The minimum absolute atomic E-state index is 0.0497. The van der Waals surface area contributed by atoms with Crippen LogP contribution in [0, 0.1) is 0 Å². The van der Waals surface area contributed by atoms with E-state index in [2.05, 4.69) is 22.0 Å². The monoisotopic (exact) mass is 410 g/mol. The molecule has 1 aliphatic heterocycles. The first-order valence-electron chi connectivity index (χ1n) is 7.98. The van der Waals surface area contributed by atoms with Crippen molar-refractivity contribution in [2.24, 2.45) is 5.10 Å². The summed E-state index contributed by atoms with van der Waals surface area (Å²) in [5.74, 6) is -0.0638. The van der Waals surface area contributed by atoms with E-state index in [1.165, 1.54) is 0 Å². The van der Waals surface area contributed by atoms with E-state index < -0.39 is 0 Å². The van der Waals surface area contributed by atoms with Crippen LogP contribution in [0.5, 0.6) is 0 Å². The summed E-state index contributed by atoms with van der Waals surface area (Å²) in [4.78, 5) is 14.2. The predicted molar refractivity (Wildman–Crippen MR) is 105 cm³/mol. The Balaban J connectivity index is 1.71. The number of rotatable bonds is 3. The van der Waals surface area contributed by atoms with Crippen molar-refractivity contribution < 1.29 is 4.79 Å². The zero-order valence-corrected chi connectivity index (χ0v) is 15.7. The van der Waals surface area contributed by atoms with Crippen LogP contribution in [0.4, 0.5) is 0 Å². The molecule has 0 spiro atoms. The largest absolute Gasteiger partial charge is 0.274 e. The second-order valence-electron chi connectivity index (χ2n) is 5.80. The lowest BCUT2D eigenvalue weighted by atomic mass is 10.0. The van der Waals surface area contributed by atoms with Crippen LogP contribution in [-0.2, 0) is 0 Å². The van der Waals surface area contributed by atoms with Crippen LogP contribution in [0.2, 0.25) is 0 Å². The minimum Gasteiger partial charge on any atom is -0.267 e. The number of hydrazone groups is 1. The second-order valence-corrected chi connectivity index (χ2v) is 7.70. The Hall–Kier alpha value is -2.24. The molecule has 3 nitrogen and oxygen atoms in total. The van der Waals surface area contributed by atoms with Crippen molar-refractivity contribution in [2.75, 3.05) is 0 Å². The first kappa shape index (κ1) is 16.2. The van der Waals surface area contributed by atoms with Crippen LogP contribution in [0.15, 0.2) is 81.7 Å². The highest BCUT2D eigenvalue weighted by Gasteiger charge is 2.34. The fraction of sp³-hybridized carbons (Fsp3) is 0.100. The number of hydrogen-bond acceptors (Lipinski definition) is 3. The molecule has 1 aromatic heterocycles. The number of nitrogens with zero attached hydrogens (tertiary/aromatic N) is 2. The lowest BCUT2D eigenvalue weighted by Gasteiger charge is -2.20. The van der Waals surface area contributed by atoms with Gasteiger partial charge in [-0.2, -0.15) is 5.10 Å². The molecule has 0 aliphatic carbocycles. The van der Waals surface area contributed by atoms with Crippen LogP contribution in [0.1, 0.15) is 33.3 Å². The van der Waals surface area contributed by atoms with Gasteiger partial charge in [0.2, 0.25) is 0 Å². The van der Waals surface area contributed by atoms with E-state index in [1.54, 1.807) is 16.3 Å². The van der Waals surface area contributed by atoms with E-state index in [4.69, 9.17) is 5.10 Å². The zero-order chi connectivity index (χ0) is 17.2. The molecule has 1 unspecified atom stereocenters. The van der Waals surface area contributed by atoms with Gasteiger partial charge >= 0.3 is 0 Å². The van der Waals surface area contributed by atoms with E-state index in [9.17, 15) is 4.79 Å². The molecule has 1 amide bonds. The summed E-state index contributed by atoms with van der Waals surface area (Å²) in [5.41, 5.74) is 2.65. The van der Waals surface area contributed by atoms with Crippen molar-refractivity contribution in [2.45, 2.75) is 12.5 Å². The van der Waals surface area contributed by atoms with E-state index in [0.717, 1.165) is 27.0 Å². The third-order valence-corrected chi connectivity index (χ3v) is 5.69. The van der Waals surface area contributed by atoms with Gasteiger partial charge in [0.25, 0.3) is 5.91 Å². The van der Waals surface area contributed by atoms with Crippen LogP contribution >= 0.6 is 27.3 Å². The number of thiophene rings is 1. The third-order valence-electron chi connectivity index (χ3n) is 4.19. The molecular weight excluding hydrogens is 396 g/mol. The van der Waals surface area contributed by atoms with Gasteiger partial charge in [0.1, 0.15) is 0 Å². The topological polar surface area (TPSA) is 32.7 Å². The maximum Gasteiger partial charge on any atom is 0.274 e. The molecule has 0 fully saturated rings. The Kier molecular flexibility index (Phi) is 4.51. The van der Waals surface area contributed by atoms with Crippen molar-refractivity contribution >= 4 is 38.9 Å². The first-order chi connectivity index (χ1) is 12.2. The molecule has 3 aromatic rings. The summed E-state index contributed by atoms with van der Waals surface area (Å²) in [6, 6.07) is 21.4. The minimum atomic E-state index is -0.0638. The Labute approximate surface area is 158 Å². The average molecular weight is 411 g/mol. The standard InChI is InChI=1S/C20H15BrN2OS/c21-16-10-8-14(9-11-16)17-13-18(19-7-4-12-25-19)23(22-17)20(24)15-5-2-1-3-6-15/h1-12,18H,13H2. The smallest absolute Gasteiger partial charge is 0.267 e. The summed E-state index contributed by atoms with van der Waals surface area (Å²) >= 11 is 5.12. The summed E-state index contributed by atoms with van der Waals surface area (Å²) in [5, 5.41) is 8.37. The number of benzene rings is 2. The van der Waals surface area contributed by atoms with Gasteiger partial charge in [-0.1, -0.05) is 52.3 Å². The highest BCUT2D eigenvalue weighted by molar-refractivity contribution is 9.10. The molecule has 2 heterocycles. The number of hydrogen-bond donors (Lipinski definition) is 0. The van der Waals surface area contributed by atoms with Crippen molar-refractivity contribution in [3.63, 3.8) is 0 Å². The molecule has 0 saturated carbocycles. The SMILES string of the molecule is O=C(c1ccccc1)N1N=C(c2ccc(Br)cc2)CC1c1cccs1. The summed E-state index contributed by atoms with van der Waals surface area (Å²) in [6.07, 6.45) is 0.723. The normalized spacial score (nSPS) is 16.8. The fourth-order valence-corrected chi connectivity index (χ4v) is 4.01. The Morgan fingerprint density at radius 2 is 1.80 bits per heavy atom. The number of halogens is 1. The van der Waals surface area contributed by atoms with Gasteiger partial charge in [-0.3, -0.25) is 4.79 Å². The molecule has 0 radical (unpaired) electrons. The van der Waals surface area contributed by atoms with Gasteiger partial charge in [-0.05, 0) is 41.3 Å². The molecule has 1 aliphatic rings. The highest BCUT2D eigenvalue weighted by atomic mass is 79.9. The average Bonchev–Trinajstić information content (AvgIpc) is 3.32. The molecule has 5 heteroatoms. The molecule has 1 atom stereocenters. The molecule has 4 rings (SSSR count). The molecule has 0 bridgehead atoms. The van der Waals surface area contributed by atoms with Gasteiger partial charge in [0, 0.05) is 21.3 Å². The summed E-state index contributed by atoms with van der Waals surface area (Å²) in [7, 11) is 0. The van der Waals surface area contributed by atoms with Crippen molar-refractivity contribution in [3.8, 4) is 0 Å². The maximum absolute atomic E-state index is 13.0. The summed E-state index contributed by atoms with van der Waals surface area (Å²) < 4.78 is 1.03. The van der Waals surface area contributed by atoms with Gasteiger partial charge in [0.05, 0.1) is 11.8 Å². The zero-order valence-electron chi connectivity index (χ0n) is 13.3. The predicted octanol–water partition coefficient (Wildman–Crippen LogP) is 5.50. The van der Waals surface area contributed by atoms with Crippen LogP contribution in [0.25, 0.3) is 0 Å². The fourth-order valence-electron chi connectivity index (χ4n) is 2.93. The maximum atomic E-state index is 13.0. The van der Waals surface area contributed by atoms with Gasteiger partial charge in [-0.25, -0.2) is 5.01 Å². The molecule has 0 N–H and O–H groups in total. The number of carbonyl (C=O) groups excluding carboxylic acids is 1. The van der Waals surface area contributed by atoms with Crippen molar-refractivity contribution in [3.05, 3.63) is 92.6 Å². The van der Waals surface area contributed by atoms with Gasteiger partial charge in [0.15, 0.2) is 0 Å². The van der Waals surface area contributed by atoms with E-state index in [0.29, 0.717) is 5.56 Å². The molecule has 25 heavy (non-hydrogen) atoms. The first-order valence-corrected chi connectivity index (χ1v) is 9.65. The van der Waals surface area contributed by atoms with Gasteiger partial charge < -0.3 is 0 Å². The van der Waals surface area contributed by atoms with Crippen LogP contribution in [-0.4, -0.2) is 16.6 Å². The Morgan fingerprint density at radius 1 is 1.04 bits per heavy atom. The van der Waals surface area contributed by atoms with Crippen molar-refractivity contribution in [1.82, 2.24) is 5.01 Å². The lowest BCUT2D eigenvalue weighted by Crippen LogP contribution is -2.26. The van der Waals surface area contributed by atoms with E-state index in [1.807, 2.05) is 66.0 Å². The molecular formula is C20H15BrN2OS. The summed E-state index contributed by atoms with van der Waals surface area (Å²) in [6.45, 7) is 0. The Bertz CT molecular complexity index is 905. The highest BCUT2D eigenvalue weighted by Crippen LogP contribution is 2.36. The van der Waals surface area contributed by atoms with Crippen molar-refractivity contribution in [1.29, 1.82) is 0 Å².